The summed E-state index contributed by atoms with van der Waals surface area (Å²) >= 11 is 1.48. The fourth-order valence-corrected chi connectivity index (χ4v) is 4.75. The summed E-state index contributed by atoms with van der Waals surface area (Å²) in [6.45, 7) is 5.99. The topological polar surface area (TPSA) is 84.5 Å². The van der Waals surface area contributed by atoms with Crippen LogP contribution >= 0.6 is 11.3 Å². The minimum atomic E-state index is -3.73. The van der Waals surface area contributed by atoms with E-state index >= 15 is 0 Å². The fourth-order valence-electron chi connectivity index (χ4n) is 2.96. The van der Waals surface area contributed by atoms with Crippen molar-refractivity contribution in [2.75, 3.05) is 0 Å². The number of carbonyl (C=O) groups is 1. The first-order valence-electron chi connectivity index (χ1n) is 9.94. The van der Waals surface area contributed by atoms with Crippen molar-refractivity contribution in [1.82, 2.24) is 10.0 Å². The standard InChI is InChI=1S/C23H26N2O4S2/c1-16(2)29-20-9-4-7-18(13-20)17(3)25-23(26)19-8-5-11-22(14-19)31(27,28)24-15-21-10-6-12-30-21/h4-14,16-17,24H,15H2,1-3H3,(H,25,26). The van der Waals surface area contributed by atoms with Gasteiger partial charge in [0.2, 0.25) is 10.0 Å². The van der Waals surface area contributed by atoms with E-state index in [2.05, 4.69) is 10.0 Å². The summed E-state index contributed by atoms with van der Waals surface area (Å²) in [6.07, 6.45) is 0.0539. The molecule has 6 nitrogen and oxygen atoms in total. The molecule has 0 radical (unpaired) electrons. The third-order valence-corrected chi connectivity index (χ3v) is 6.78. The van der Waals surface area contributed by atoms with Crippen molar-refractivity contribution in [3.05, 3.63) is 82.0 Å². The van der Waals surface area contributed by atoms with Crippen molar-refractivity contribution in [3.8, 4) is 5.75 Å². The molecule has 2 aromatic carbocycles. The lowest BCUT2D eigenvalue weighted by Crippen LogP contribution is -2.27. The second-order valence-electron chi connectivity index (χ2n) is 7.37. The first-order chi connectivity index (χ1) is 14.7. The average molecular weight is 459 g/mol. The molecule has 8 heteroatoms. The molecule has 31 heavy (non-hydrogen) atoms. The quantitative estimate of drug-likeness (QED) is 0.494. The number of hydrogen-bond acceptors (Lipinski definition) is 5. The number of carbonyl (C=O) groups excluding carboxylic acids is 1. The second kappa shape index (κ2) is 10.1. The van der Waals surface area contributed by atoms with E-state index in [0.29, 0.717) is 0 Å². The van der Waals surface area contributed by atoms with E-state index in [0.717, 1.165) is 16.2 Å². The summed E-state index contributed by atoms with van der Waals surface area (Å²) in [5.41, 5.74) is 1.17. The summed E-state index contributed by atoms with van der Waals surface area (Å²) in [6, 6.07) is 17.0. The van der Waals surface area contributed by atoms with Gasteiger partial charge in [-0.3, -0.25) is 4.79 Å². The van der Waals surface area contributed by atoms with Gasteiger partial charge < -0.3 is 10.1 Å². The van der Waals surface area contributed by atoms with Crippen LogP contribution in [0.3, 0.4) is 0 Å². The number of thiophene rings is 1. The van der Waals surface area contributed by atoms with Crippen molar-refractivity contribution in [2.24, 2.45) is 0 Å². The first-order valence-corrected chi connectivity index (χ1v) is 12.3. The molecule has 0 bridgehead atoms. The monoisotopic (exact) mass is 458 g/mol. The van der Waals surface area contributed by atoms with Crippen LogP contribution in [0.4, 0.5) is 0 Å². The third-order valence-electron chi connectivity index (χ3n) is 4.50. The second-order valence-corrected chi connectivity index (χ2v) is 10.2. The molecule has 1 aromatic heterocycles. The molecule has 1 amide bonds. The van der Waals surface area contributed by atoms with E-state index in [4.69, 9.17) is 4.74 Å². The van der Waals surface area contributed by atoms with Crippen molar-refractivity contribution in [1.29, 1.82) is 0 Å². The molecule has 1 unspecified atom stereocenters. The molecule has 0 fully saturated rings. The number of rotatable bonds is 9. The Labute approximate surface area is 187 Å². The lowest BCUT2D eigenvalue weighted by Gasteiger charge is -2.17. The number of amides is 1. The van der Waals surface area contributed by atoms with Gasteiger partial charge >= 0.3 is 0 Å². The van der Waals surface area contributed by atoms with Gasteiger partial charge in [0.15, 0.2) is 0 Å². The summed E-state index contributed by atoms with van der Waals surface area (Å²) in [5, 5.41) is 4.81. The van der Waals surface area contributed by atoms with Gasteiger partial charge in [-0.25, -0.2) is 13.1 Å². The summed E-state index contributed by atoms with van der Waals surface area (Å²) in [4.78, 5) is 13.7. The normalized spacial score (nSPS) is 12.5. The molecule has 164 valence electrons. The number of benzene rings is 2. The highest BCUT2D eigenvalue weighted by atomic mass is 32.2. The largest absolute Gasteiger partial charge is 0.491 e. The Morgan fingerprint density at radius 1 is 1.03 bits per heavy atom. The lowest BCUT2D eigenvalue weighted by atomic mass is 10.1. The van der Waals surface area contributed by atoms with E-state index in [-0.39, 0.29) is 35.1 Å². The van der Waals surface area contributed by atoms with Crippen molar-refractivity contribution < 1.29 is 17.9 Å². The van der Waals surface area contributed by atoms with Crippen LogP contribution < -0.4 is 14.8 Å². The van der Waals surface area contributed by atoms with E-state index in [1.54, 1.807) is 12.1 Å². The highest BCUT2D eigenvalue weighted by Gasteiger charge is 2.18. The minimum absolute atomic E-state index is 0.0525. The number of sulfonamides is 1. The Morgan fingerprint density at radius 3 is 2.52 bits per heavy atom. The van der Waals surface area contributed by atoms with Gasteiger partial charge in [-0.2, -0.15) is 0 Å². The molecule has 3 aromatic rings. The van der Waals surface area contributed by atoms with Gasteiger partial charge in [-0.1, -0.05) is 24.3 Å². The maximum Gasteiger partial charge on any atom is 0.251 e. The highest BCUT2D eigenvalue weighted by molar-refractivity contribution is 7.89. The Balaban J connectivity index is 1.69. The molecular weight excluding hydrogens is 432 g/mol. The molecule has 2 N–H and O–H groups in total. The molecule has 0 aliphatic carbocycles. The van der Waals surface area contributed by atoms with E-state index in [9.17, 15) is 13.2 Å². The maximum absolute atomic E-state index is 12.8. The van der Waals surface area contributed by atoms with Crippen LogP contribution in [0.2, 0.25) is 0 Å². The van der Waals surface area contributed by atoms with Gasteiger partial charge in [0.25, 0.3) is 5.91 Å². The summed E-state index contributed by atoms with van der Waals surface area (Å²) < 4.78 is 33.5. The zero-order chi connectivity index (χ0) is 22.4. The zero-order valence-electron chi connectivity index (χ0n) is 17.7. The van der Waals surface area contributed by atoms with Crippen LogP contribution in [-0.4, -0.2) is 20.4 Å². The molecule has 0 saturated heterocycles. The predicted molar refractivity (Wildman–Crippen MR) is 123 cm³/mol. The smallest absolute Gasteiger partial charge is 0.251 e. The Hall–Kier alpha value is -2.68. The van der Waals surface area contributed by atoms with Crippen LogP contribution in [0.5, 0.6) is 5.75 Å². The van der Waals surface area contributed by atoms with Gasteiger partial charge in [-0.05, 0) is 68.1 Å². The minimum Gasteiger partial charge on any atom is -0.491 e. The Bertz CT molecular complexity index is 1130. The molecular formula is C23H26N2O4S2. The highest BCUT2D eigenvalue weighted by Crippen LogP contribution is 2.21. The zero-order valence-corrected chi connectivity index (χ0v) is 19.3. The Kier molecular flexibility index (Phi) is 7.48. The lowest BCUT2D eigenvalue weighted by molar-refractivity contribution is 0.0939. The van der Waals surface area contributed by atoms with Gasteiger partial charge in [0.1, 0.15) is 5.75 Å². The number of nitrogens with one attached hydrogen (secondary N) is 2. The van der Waals surface area contributed by atoms with Crippen LogP contribution in [0.25, 0.3) is 0 Å². The molecule has 1 heterocycles. The summed E-state index contributed by atoms with van der Waals surface area (Å²) in [7, 11) is -3.73. The van der Waals surface area contributed by atoms with Crippen LogP contribution in [0.1, 0.15) is 47.6 Å². The maximum atomic E-state index is 12.8. The number of hydrogen-bond donors (Lipinski definition) is 2. The molecule has 0 spiro atoms. The van der Waals surface area contributed by atoms with E-state index in [1.165, 1.54) is 23.5 Å². The molecule has 0 aliphatic rings. The predicted octanol–water partition coefficient (Wildman–Crippen LogP) is 4.50. The van der Waals surface area contributed by atoms with E-state index in [1.807, 2.05) is 62.5 Å². The van der Waals surface area contributed by atoms with Crippen molar-refractivity contribution in [3.63, 3.8) is 0 Å². The number of ether oxygens (including phenoxy) is 1. The van der Waals surface area contributed by atoms with Crippen LogP contribution in [-0.2, 0) is 16.6 Å². The van der Waals surface area contributed by atoms with Gasteiger partial charge in [0, 0.05) is 17.0 Å². The van der Waals surface area contributed by atoms with Gasteiger partial charge in [0.05, 0.1) is 17.0 Å². The molecule has 3 rings (SSSR count). The van der Waals surface area contributed by atoms with Crippen LogP contribution in [0.15, 0.2) is 70.9 Å². The molecule has 0 aliphatic heterocycles. The van der Waals surface area contributed by atoms with Crippen molar-refractivity contribution in [2.45, 2.75) is 44.4 Å². The van der Waals surface area contributed by atoms with E-state index < -0.39 is 10.0 Å². The van der Waals surface area contributed by atoms with Crippen molar-refractivity contribution >= 4 is 27.3 Å². The fraction of sp³-hybridized carbons (Fsp3) is 0.261. The molecule has 1 atom stereocenters. The molecule has 0 saturated carbocycles. The van der Waals surface area contributed by atoms with Crippen LogP contribution in [0, 0.1) is 0 Å². The Morgan fingerprint density at radius 2 is 1.81 bits per heavy atom. The SMILES string of the molecule is CC(C)Oc1cccc(C(C)NC(=O)c2cccc(S(=O)(=O)NCc3cccs3)c2)c1. The summed E-state index contributed by atoms with van der Waals surface area (Å²) in [5.74, 6) is 0.386. The average Bonchev–Trinajstić information content (AvgIpc) is 3.26. The third kappa shape index (κ3) is 6.40. The first kappa shape index (κ1) is 23.0. The van der Waals surface area contributed by atoms with Gasteiger partial charge in [-0.15, -0.1) is 11.3 Å².